The Morgan fingerprint density at radius 1 is 1.39 bits per heavy atom. The summed E-state index contributed by atoms with van der Waals surface area (Å²) in [6.07, 6.45) is 0. The van der Waals surface area contributed by atoms with E-state index in [0.29, 0.717) is 29.5 Å². The molecule has 6 heteroatoms. The summed E-state index contributed by atoms with van der Waals surface area (Å²) in [5.74, 6) is -0.703. The van der Waals surface area contributed by atoms with Gasteiger partial charge < -0.3 is 10.1 Å². The van der Waals surface area contributed by atoms with Crippen LogP contribution in [0.2, 0.25) is 5.02 Å². The minimum Gasteiger partial charge on any atom is -0.495 e. The fraction of sp³-hybridized carbons (Fsp3) is 0.333. The highest BCUT2D eigenvalue weighted by atomic mass is 35.5. The van der Waals surface area contributed by atoms with E-state index in [2.05, 4.69) is 5.32 Å². The van der Waals surface area contributed by atoms with Crippen LogP contribution in [0.25, 0.3) is 0 Å². The van der Waals surface area contributed by atoms with E-state index in [9.17, 15) is 9.59 Å². The van der Waals surface area contributed by atoms with Crippen molar-refractivity contribution in [1.82, 2.24) is 5.32 Å². The number of nitrogens with zero attached hydrogens (tertiary/aromatic N) is 1. The summed E-state index contributed by atoms with van der Waals surface area (Å²) >= 11 is 6.01. The Labute approximate surface area is 110 Å². The van der Waals surface area contributed by atoms with Crippen LogP contribution in [0.1, 0.15) is 5.56 Å². The number of carbonyl (C=O) groups is 2. The lowest BCUT2D eigenvalue weighted by molar-refractivity contribution is -0.138. The number of carbonyl (C=O) groups excluding carboxylic acids is 2. The van der Waals surface area contributed by atoms with Crippen molar-refractivity contribution in [1.29, 1.82) is 0 Å². The average molecular weight is 269 g/mol. The Morgan fingerprint density at radius 3 is 2.78 bits per heavy atom. The van der Waals surface area contributed by atoms with E-state index in [1.165, 1.54) is 12.0 Å². The Balaban J connectivity index is 2.46. The van der Waals surface area contributed by atoms with Crippen LogP contribution in [0.3, 0.4) is 0 Å². The second-order valence-electron chi connectivity index (χ2n) is 3.99. The van der Waals surface area contributed by atoms with Crippen LogP contribution in [0.5, 0.6) is 5.75 Å². The molecule has 0 aromatic heterocycles. The van der Waals surface area contributed by atoms with Crippen molar-refractivity contribution in [2.75, 3.05) is 25.1 Å². The fourth-order valence-electron chi connectivity index (χ4n) is 1.83. The maximum Gasteiger partial charge on any atom is 0.316 e. The van der Waals surface area contributed by atoms with Crippen molar-refractivity contribution in [2.24, 2.45) is 0 Å². The number of amides is 2. The van der Waals surface area contributed by atoms with Gasteiger partial charge in [-0.25, -0.2) is 0 Å². The smallest absolute Gasteiger partial charge is 0.316 e. The molecule has 0 atom stereocenters. The van der Waals surface area contributed by atoms with Gasteiger partial charge in [0.1, 0.15) is 5.75 Å². The predicted molar refractivity (Wildman–Crippen MR) is 68.1 cm³/mol. The third kappa shape index (κ3) is 2.13. The quantitative estimate of drug-likeness (QED) is 0.818. The first-order valence-electron chi connectivity index (χ1n) is 5.48. The van der Waals surface area contributed by atoms with Gasteiger partial charge in [0.25, 0.3) is 0 Å². The van der Waals surface area contributed by atoms with Gasteiger partial charge in [0.15, 0.2) is 0 Å². The van der Waals surface area contributed by atoms with Crippen molar-refractivity contribution in [3.63, 3.8) is 0 Å². The highest BCUT2D eigenvalue weighted by Gasteiger charge is 2.29. The molecule has 1 aromatic rings. The van der Waals surface area contributed by atoms with E-state index >= 15 is 0 Å². The molecule has 96 valence electrons. The zero-order valence-electron chi connectivity index (χ0n) is 10.1. The number of benzene rings is 1. The first-order chi connectivity index (χ1) is 8.54. The molecule has 0 aliphatic carbocycles. The summed E-state index contributed by atoms with van der Waals surface area (Å²) in [6.45, 7) is 2.68. The number of rotatable bonds is 2. The van der Waals surface area contributed by atoms with E-state index in [1.54, 1.807) is 12.1 Å². The highest BCUT2D eigenvalue weighted by molar-refractivity contribution is 6.41. The Bertz CT molecular complexity index is 516. The molecule has 2 amide bonds. The van der Waals surface area contributed by atoms with Crippen LogP contribution in [0.15, 0.2) is 12.1 Å². The molecular weight excluding hydrogens is 256 g/mol. The summed E-state index contributed by atoms with van der Waals surface area (Å²) in [5, 5.41) is 3.06. The lowest BCUT2D eigenvalue weighted by Crippen LogP contribution is -2.52. The van der Waals surface area contributed by atoms with Crippen molar-refractivity contribution < 1.29 is 14.3 Å². The van der Waals surface area contributed by atoms with Gasteiger partial charge in [-0.1, -0.05) is 11.6 Å². The van der Waals surface area contributed by atoms with Crippen molar-refractivity contribution in [3.8, 4) is 5.75 Å². The SMILES string of the molecule is COc1cc(Cl)c(C)cc1N1CCNC(=O)C1=O. The number of ether oxygens (including phenoxy) is 1. The van der Waals surface area contributed by atoms with Gasteiger partial charge in [-0.3, -0.25) is 14.5 Å². The van der Waals surface area contributed by atoms with E-state index in [4.69, 9.17) is 16.3 Å². The van der Waals surface area contributed by atoms with E-state index in [0.717, 1.165) is 5.56 Å². The van der Waals surface area contributed by atoms with Gasteiger partial charge in [-0.2, -0.15) is 0 Å². The third-order valence-electron chi connectivity index (χ3n) is 2.81. The predicted octanol–water partition coefficient (Wildman–Crippen LogP) is 1.12. The first kappa shape index (κ1) is 12.7. The molecule has 1 N–H and O–H groups in total. The maximum absolute atomic E-state index is 11.8. The largest absolute Gasteiger partial charge is 0.495 e. The van der Waals surface area contributed by atoms with E-state index in [1.807, 2.05) is 6.92 Å². The molecule has 2 rings (SSSR count). The minimum atomic E-state index is -0.601. The number of hydrogen-bond donors (Lipinski definition) is 1. The summed E-state index contributed by atoms with van der Waals surface area (Å²) in [5.41, 5.74) is 1.39. The standard InChI is InChI=1S/C12H13ClN2O3/c1-7-5-9(10(18-2)6-8(7)13)15-4-3-14-11(16)12(15)17/h5-6H,3-4H2,1-2H3,(H,14,16). The summed E-state index contributed by atoms with van der Waals surface area (Å²) in [6, 6.07) is 3.39. The summed E-state index contributed by atoms with van der Waals surface area (Å²) in [7, 11) is 1.50. The lowest BCUT2D eigenvalue weighted by atomic mass is 10.1. The minimum absolute atomic E-state index is 0.419. The molecule has 5 nitrogen and oxygen atoms in total. The molecule has 0 saturated carbocycles. The molecule has 1 saturated heterocycles. The van der Waals surface area contributed by atoms with Crippen LogP contribution in [0.4, 0.5) is 5.69 Å². The molecule has 0 unspecified atom stereocenters. The highest BCUT2D eigenvalue weighted by Crippen LogP contribution is 2.34. The number of nitrogens with one attached hydrogen (secondary N) is 1. The number of methoxy groups -OCH3 is 1. The number of halogens is 1. The number of hydrogen-bond acceptors (Lipinski definition) is 3. The van der Waals surface area contributed by atoms with E-state index in [-0.39, 0.29) is 0 Å². The summed E-state index contributed by atoms with van der Waals surface area (Å²) < 4.78 is 5.21. The zero-order valence-corrected chi connectivity index (χ0v) is 10.9. The molecule has 1 aliphatic rings. The molecule has 1 aromatic carbocycles. The van der Waals surface area contributed by atoms with Crippen LogP contribution < -0.4 is 15.0 Å². The number of piperazine rings is 1. The molecule has 1 fully saturated rings. The molecule has 18 heavy (non-hydrogen) atoms. The van der Waals surface area contributed by atoms with Gasteiger partial charge in [0, 0.05) is 24.2 Å². The number of aryl methyl sites for hydroxylation is 1. The van der Waals surface area contributed by atoms with Crippen molar-refractivity contribution in [2.45, 2.75) is 6.92 Å². The van der Waals surface area contributed by atoms with Crippen LogP contribution in [0, 0.1) is 6.92 Å². The third-order valence-corrected chi connectivity index (χ3v) is 3.22. The monoisotopic (exact) mass is 268 g/mol. The second-order valence-corrected chi connectivity index (χ2v) is 4.39. The second kappa shape index (κ2) is 4.86. The molecule has 0 bridgehead atoms. The van der Waals surface area contributed by atoms with Crippen LogP contribution >= 0.6 is 11.6 Å². The van der Waals surface area contributed by atoms with Crippen molar-refractivity contribution in [3.05, 3.63) is 22.7 Å². The van der Waals surface area contributed by atoms with Gasteiger partial charge in [-0.05, 0) is 18.6 Å². The Hall–Kier alpha value is -1.75. The summed E-state index contributed by atoms with van der Waals surface area (Å²) in [4.78, 5) is 24.6. The molecule has 1 aliphatic heterocycles. The maximum atomic E-state index is 11.8. The van der Waals surface area contributed by atoms with E-state index < -0.39 is 11.8 Å². The zero-order chi connectivity index (χ0) is 13.3. The Morgan fingerprint density at radius 2 is 2.11 bits per heavy atom. The molecule has 1 heterocycles. The van der Waals surface area contributed by atoms with Crippen LogP contribution in [-0.4, -0.2) is 32.0 Å². The first-order valence-corrected chi connectivity index (χ1v) is 5.86. The van der Waals surface area contributed by atoms with Crippen molar-refractivity contribution >= 4 is 29.1 Å². The Kier molecular flexibility index (Phi) is 3.43. The van der Waals surface area contributed by atoms with Gasteiger partial charge >= 0.3 is 11.8 Å². The molecular formula is C12H13ClN2O3. The number of anilines is 1. The topological polar surface area (TPSA) is 58.6 Å². The average Bonchev–Trinajstić information content (AvgIpc) is 2.36. The van der Waals surface area contributed by atoms with Gasteiger partial charge in [0.05, 0.1) is 12.8 Å². The van der Waals surface area contributed by atoms with Gasteiger partial charge in [-0.15, -0.1) is 0 Å². The van der Waals surface area contributed by atoms with Gasteiger partial charge in [0.2, 0.25) is 0 Å². The normalized spacial score (nSPS) is 15.6. The fourth-order valence-corrected chi connectivity index (χ4v) is 1.99. The molecule has 0 spiro atoms. The molecule has 0 radical (unpaired) electrons. The lowest BCUT2D eigenvalue weighted by Gasteiger charge is -2.28. The van der Waals surface area contributed by atoms with Crippen LogP contribution in [-0.2, 0) is 9.59 Å².